The highest BCUT2D eigenvalue weighted by molar-refractivity contribution is 6.02. The maximum atomic E-state index is 13.1. The number of anilines is 1. The second-order valence-corrected chi connectivity index (χ2v) is 6.81. The van der Waals surface area contributed by atoms with Crippen LogP contribution in [-0.4, -0.2) is 48.9 Å². The first kappa shape index (κ1) is 20.4. The van der Waals surface area contributed by atoms with E-state index in [0.29, 0.717) is 30.1 Å². The first-order valence-corrected chi connectivity index (χ1v) is 9.64. The molecule has 2 N–H and O–H groups in total. The molecule has 1 aliphatic heterocycles. The summed E-state index contributed by atoms with van der Waals surface area (Å²) in [6.45, 7) is 2.73. The SMILES string of the molecule is CCc1ccc(NC(=O)C[C@H]2C(=O)NCCN2C(=O)c2ccccc2OC)cc1. The maximum absolute atomic E-state index is 13.1. The predicted octanol–water partition coefficient (Wildman–Crippen LogP) is 2.23. The Morgan fingerprint density at radius 2 is 1.90 bits per heavy atom. The number of methoxy groups -OCH3 is 1. The number of carbonyl (C=O) groups is 3. The normalized spacial score (nSPS) is 16.1. The van der Waals surface area contributed by atoms with E-state index in [1.54, 1.807) is 24.3 Å². The minimum atomic E-state index is -0.879. The number of ether oxygens (including phenoxy) is 1. The van der Waals surface area contributed by atoms with Crippen LogP contribution in [0.5, 0.6) is 5.75 Å². The molecule has 1 saturated heterocycles. The van der Waals surface area contributed by atoms with E-state index in [4.69, 9.17) is 4.74 Å². The third-order valence-corrected chi connectivity index (χ3v) is 4.95. The molecule has 0 spiro atoms. The number of rotatable bonds is 6. The molecule has 1 heterocycles. The lowest BCUT2D eigenvalue weighted by Crippen LogP contribution is -2.58. The fraction of sp³-hybridized carbons (Fsp3) is 0.318. The third-order valence-electron chi connectivity index (χ3n) is 4.95. The van der Waals surface area contributed by atoms with Crippen LogP contribution in [0.25, 0.3) is 0 Å². The van der Waals surface area contributed by atoms with Crippen molar-refractivity contribution in [3.8, 4) is 5.75 Å². The zero-order valence-corrected chi connectivity index (χ0v) is 16.6. The van der Waals surface area contributed by atoms with Gasteiger partial charge >= 0.3 is 0 Å². The van der Waals surface area contributed by atoms with E-state index < -0.39 is 6.04 Å². The van der Waals surface area contributed by atoms with Gasteiger partial charge in [0.2, 0.25) is 11.8 Å². The Morgan fingerprint density at radius 1 is 1.17 bits per heavy atom. The zero-order valence-electron chi connectivity index (χ0n) is 16.6. The molecule has 7 nitrogen and oxygen atoms in total. The van der Waals surface area contributed by atoms with E-state index in [1.165, 1.54) is 17.6 Å². The van der Waals surface area contributed by atoms with E-state index in [-0.39, 0.29) is 24.1 Å². The Morgan fingerprint density at radius 3 is 2.59 bits per heavy atom. The Kier molecular flexibility index (Phi) is 6.49. The Labute approximate surface area is 170 Å². The van der Waals surface area contributed by atoms with E-state index in [9.17, 15) is 14.4 Å². The van der Waals surface area contributed by atoms with Gasteiger partial charge < -0.3 is 20.3 Å². The molecule has 7 heteroatoms. The van der Waals surface area contributed by atoms with Crippen LogP contribution in [0.4, 0.5) is 5.69 Å². The summed E-state index contributed by atoms with van der Waals surface area (Å²) in [5.74, 6) is -0.560. The number of piperazine rings is 1. The molecule has 0 radical (unpaired) electrons. The standard InChI is InChI=1S/C22H25N3O4/c1-3-15-8-10-16(11-9-15)24-20(26)14-18-21(27)23-12-13-25(18)22(28)17-6-4-5-7-19(17)29-2/h4-11,18H,3,12-14H2,1-2H3,(H,23,27)(H,24,26)/t18-/m0/s1. The molecule has 1 atom stereocenters. The molecule has 2 aromatic carbocycles. The number of amides is 3. The van der Waals surface area contributed by atoms with Gasteiger partial charge in [-0.15, -0.1) is 0 Å². The minimum absolute atomic E-state index is 0.123. The van der Waals surface area contributed by atoms with Crippen molar-refractivity contribution in [2.75, 3.05) is 25.5 Å². The van der Waals surface area contributed by atoms with E-state index in [1.807, 2.05) is 24.3 Å². The largest absolute Gasteiger partial charge is 0.496 e. The number of nitrogens with zero attached hydrogens (tertiary/aromatic N) is 1. The topological polar surface area (TPSA) is 87.7 Å². The van der Waals surface area contributed by atoms with Gasteiger partial charge in [0.1, 0.15) is 11.8 Å². The van der Waals surface area contributed by atoms with Crippen LogP contribution < -0.4 is 15.4 Å². The summed E-state index contributed by atoms with van der Waals surface area (Å²) >= 11 is 0. The average molecular weight is 395 g/mol. The highest BCUT2D eigenvalue weighted by atomic mass is 16.5. The Hall–Kier alpha value is -3.35. The zero-order chi connectivity index (χ0) is 20.8. The number of carbonyl (C=O) groups excluding carboxylic acids is 3. The van der Waals surface area contributed by atoms with Gasteiger partial charge in [-0.25, -0.2) is 0 Å². The number of benzene rings is 2. The van der Waals surface area contributed by atoms with Crippen molar-refractivity contribution < 1.29 is 19.1 Å². The summed E-state index contributed by atoms with van der Waals surface area (Å²) in [5.41, 5.74) is 2.19. The average Bonchev–Trinajstić information content (AvgIpc) is 2.75. The molecule has 0 aromatic heterocycles. The molecule has 0 aliphatic carbocycles. The predicted molar refractivity (Wildman–Crippen MR) is 110 cm³/mol. The Balaban J connectivity index is 1.74. The number of para-hydroxylation sites is 1. The van der Waals surface area contributed by atoms with Crippen molar-refractivity contribution in [3.63, 3.8) is 0 Å². The highest BCUT2D eigenvalue weighted by Gasteiger charge is 2.35. The summed E-state index contributed by atoms with van der Waals surface area (Å²) in [5, 5.41) is 5.54. The fourth-order valence-corrected chi connectivity index (χ4v) is 3.35. The summed E-state index contributed by atoms with van der Waals surface area (Å²) in [4.78, 5) is 39.5. The molecule has 152 valence electrons. The van der Waals surface area contributed by atoms with Crippen molar-refractivity contribution in [1.82, 2.24) is 10.2 Å². The van der Waals surface area contributed by atoms with Crippen molar-refractivity contribution >= 4 is 23.4 Å². The fourth-order valence-electron chi connectivity index (χ4n) is 3.35. The molecule has 0 unspecified atom stereocenters. The number of nitrogens with one attached hydrogen (secondary N) is 2. The van der Waals surface area contributed by atoms with Gasteiger partial charge in [-0.2, -0.15) is 0 Å². The Bertz CT molecular complexity index is 895. The van der Waals surface area contributed by atoms with Gasteiger partial charge in [0, 0.05) is 18.8 Å². The lowest BCUT2D eigenvalue weighted by Gasteiger charge is -2.35. The lowest BCUT2D eigenvalue weighted by molar-refractivity contribution is -0.131. The molecule has 2 aromatic rings. The van der Waals surface area contributed by atoms with Gasteiger partial charge in [-0.3, -0.25) is 14.4 Å². The monoisotopic (exact) mass is 395 g/mol. The van der Waals surface area contributed by atoms with Crippen LogP contribution >= 0.6 is 0 Å². The van der Waals surface area contributed by atoms with Gasteiger partial charge in [0.15, 0.2) is 0 Å². The molecular weight excluding hydrogens is 370 g/mol. The summed E-state index contributed by atoms with van der Waals surface area (Å²) in [6, 6.07) is 13.5. The van der Waals surface area contributed by atoms with Crippen LogP contribution in [-0.2, 0) is 16.0 Å². The van der Waals surface area contributed by atoms with Crippen LogP contribution in [0.3, 0.4) is 0 Å². The maximum Gasteiger partial charge on any atom is 0.258 e. The first-order chi connectivity index (χ1) is 14.0. The van der Waals surface area contributed by atoms with Crippen LogP contribution in [0.1, 0.15) is 29.3 Å². The smallest absolute Gasteiger partial charge is 0.258 e. The van der Waals surface area contributed by atoms with Crippen molar-refractivity contribution in [3.05, 3.63) is 59.7 Å². The van der Waals surface area contributed by atoms with E-state index in [2.05, 4.69) is 17.6 Å². The van der Waals surface area contributed by atoms with Crippen LogP contribution in [0.2, 0.25) is 0 Å². The second kappa shape index (κ2) is 9.23. The van der Waals surface area contributed by atoms with Gasteiger partial charge in [0.05, 0.1) is 19.1 Å². The molecule has 3 amide bonds. The quantitative estimate of drug-likeness (QED) is 0.785. The summed E-state index contributed by atoms with van der Waals surface area (Å²) in [7, 11) is 1.49. The van der Waals surface area contributed by atoms with Gasteiger partial charge in [-0.1, -0.05) is 31.2 Å². The molecule has 29 heavy (non-hydrogen) atoms. The highest BCUT2D eigenvalue weighted by Crippen LogP contribution is 2.22. The number of aryl methyl sites for hydroxylation is 1. The molecule has 3 rings (SSSR count). The number of hydrogen-bond acceptors (Lipinski definition) is 4. The summed E-state index contributed by atoms with van der Waals surface area (Å²) < 4.78 is 5.27. The van der Waals surface area contributed by atoms with Crippen molar-refractivity contribution in [1.29, 1.82) is 0 Å². The molecular formula is C22H25N3O4. The van der Waals surface area contributed by atoms with Gasteiger partial charge in [0.25, 0.3) is 5.91 Å². The molecule has 1 fully saturated rings. The molecule has 0 bridgehead atoms. The van der Waals surface area contributed by atoms with Crippen LogP contribution in [0, 0.1) is 0 Å². The van der Waals surface area contributed by atoms with E-state index >= 15 is 0 Å². The third kappa shape index (κ3) is 4.74. The van der Waals surface area contributed by atoms with E-state index in [0.717, 1.165) is 6.42 Å². The van der Waals surface area contributed by atoms with Crippen molar-refractivity contribution in [2.45, 2.75) is 25.8 Å². The minimum Gasteiger partial charge on any atom is -0.496 e. The second-order valence-electron chi connectivity index (χ2n) is 6.81. The lowest BCUT2D eigenvalue weighted by atomic mass is 10.1. The van der Waals surface area contributed by atoms with Crippen molar-refractivity contribution in [2.24, 2.45) is 0 Å². The first-order valence-electron chi connectivity index (χ1n) is 9.64. The molecule has 1 aliphatic rings. The molecule has 0 saturated carbocycles. The number of hydrogen-bond donors (Lipinski definition) is 2. The summed E-state index contributed by atoms with van der Waals surface area (Å²) in [6.07, 6.45) is 0.790. The van der Waals surface area contributed by atoms with Gasteiger partial charge in [-0.05, 0) is 36.2 Å². The van der Waals surface area contributed by atoms with Crippen LogP contribution in [0.15, 0.2) is 48.5 Å².